The van der Waals surface area contributed by atoms with Gasteiger partial charge >= 0.3 is 0 Å². The molecule has 0 aliphatic carbocycles. The molecule has 0 heterocycles. The molecule has 9 heteroatoms. The van der Waals surface area contributed by atoms with Crippen LogP contribution in [0.3, 0.4) is 0 Å². The van der Waals surface area contributed by atoms with E-state index in [2.05, 4.69) is 10.6 Å². The highest BCUT2D eigenvalue weighted by Crippen LogP contribution is 2.23. The van der Waals surface area contributed by atoms with Crippen LogP contribution in [0.15, 0.2) is 71.6 Å². The van der Waals surface area contributed by atoms with Crippen LogP contribution < -0.4 is 14.9 Å². The van der Waals surface area contributed by atoms with Crippen molar-refractivity contribution in [2.45, 2.75) is 11.8 Å². The molecule has 0 radical (unpaired) electrons. The number of rotatable bonds is 6. The number of hydrogen-bond acceptors (Lipinski definition) is 4. The number of hydrogen-bond donors (Lipinski definition) is 2. The molecule has 0 saturated heterocycles. The van der Waals surface area contributed by atoms with Crippen molar-refractivity contribution in [1.29, 1.82) is 0 Å². The van der Waals surface area contributed by atoms with Gasteiger partial charge in [-0.05, 0) is 61.5 Å². The standard InChI is InChI=1S/C23H22FN3O4S/c1-15-4-11-19(12-5-15)32(30,31)27(3)18-9-6-16(7-10-18)22(28)26-17-8-13-21(24)20(14-17)23(29)25-2/h4-14H,1-3H3,(H,25,29)(H,26,28). The zero-order valence-electron chi connectivity index (χ0n) is 17.7. The van der Waals surface area contributed by atoms with Crippen molar-refractivity contribution in [3.8, 4) is 0 Å². The predicted molar refractivity (Wildman–Crippen MR) is 121 cm³/mol. The number of aryl methyl sites for hydroxylation is 1. The van der Waals surface area contributed by atoms with E-state index in [1.807, 2.05) is 6.92 Å². The first-order chi connectivity index (χ1) is 15.1. The van der Waals surface area contributed by atoms with Crippen molar-refractivity contribution in [2.75, 3.05) is 23.7 Å². The van der Waals surface area contributed by atoms with Crippen LogP contribution in [0, 0.1) is 12.7 Å². The van der Waals surface area contributed by atoms with Crippen molar-refractivity contribution in [3.05, 3.63) is 89.2 Å². The Bertz CT molecular complexity index is 1260. The lowest BCUT2D eigenvalue weighted by atomic mass is 10.1. The van der Waals surface area contributed by atoms with E-state index in [1.54, 1.807) is 24.3 Å². The molecule has 3 aromatic carbocycles. The minimum absolute atomic E-state index is 0.163. The highest BCUT2D eigenvalue weighted by atomic mass is 32.2. The Kier molecular flexibility index (Phi) is 6.59. The Hall–Kier alpha value is -3.72. The molecule has 0 aromatic heterocycles. The van der Waals surface area contributed by atoms with Gasteiger partial charge in [-0.25, -0.2) is 12.8 Å². The molecule has 166 valence electrons. The molecule has 0 aliphatic heterocycles. The first-order valence-corrected chi connectivity index (χ1v) is 11.1. The quantitative estimate of drug-likeness (QED) is 0.594. The van der Waals surface area contributed by atoms with Crippen LogP contribution in [-0.2, 0) is 10.0 Å². The number of nitrogens with one attached hydrogen (secondary N) is 2. The number of nitrogens with zero attached hydrogens (tertiary/aromatic N) is 1. The lowest BCUT2D eigenvalue weighted by molar-refractivity contribution is 0.0957. The summed E-state index contributed by atoms with van der Waals surface area (Å²) < 4.78 is 40.6. The summed E-state index contributed by atoms with van der Waals surface area (Å²) in [6.45, 7) is 1.87. The molecule has 3 aromatic rings. The lowest BCUT2D eigenvalue weighted by Crippen LogP contribution is -2.26. The van der Waals surface area contributed by atoms with E-state index in [-0.39, 0.29) is 21.7 Å². The first-order valence-electron chi connectivity index (χ1n) is 9.62. The van der Waals surface area contributed by atoms with Crippen molar-refractivity contribution in [2.24, 2.45) is 0 Å². The summed E-state index contributed by atoms with van der Waals surface area (Å²) in [6, 6.07) is 16.2. The van der Waals surface area contributed by atoms with E-state index in [4.69, 9.17) is 0 Å². The molecule has 2 amide bonds. The number of anilines is 2. The number of sulfonamides is 1. The average Bonchev–Trinajstić information content (AvgIpc) is 2.79. The fourth-order valence-electron chi connectivity index (χ4n) is 2.94. The minimum Gasteiger partial charge on any atom is -0.355 e. The maximum absolute atomic E-state index is 13.8. The Balaban J connectivity index is 1.77. The van der Waals surface area contributed by atoms with Gasteiger partial charge in [-0.15, -0.1) is 0 Å². The summed E-state index contributed by atoms with van der Waals surface area (Å²) in [5.74, 6) is -1.81. The molecule has 0 unspecified atom stereocenters. The molecule has 2 N–H and O–H groups in total. The second-order valence-electron chi connectivity index (χ2n) is 7.06. The van der Waals surface area contributed by atoms with Gasteiger partial charge < -0.3 is 10.6 Å². The van der Waals surface area contributed by atoms with Crippen LogP contribution in [0.5, 0.6) is 0 Å². The van der Waals surface area contributed by atoms with Crippen LogP contribution in [0.4, 0.5) is 15.8 Å². The summed E-state index contributed by atoms with van der Waals surface area (Å²) >= 11 is 0. The molecule has 7 nitrogen and oxygen atoms in total. The Labute approximate surface area is 185 Å². The van der Waals surface area contributed by atoms with Crippen molar-refractivity contribution in [3.63, 3.8) is 0 Å². The summed E-state index contributed by atoms with van der Waals surface area (Å²) in [5.41, 5.74) is 1.65. The Morgan fingerprint density at radius 2 is 1.53 bits per heavy atom. The fourth-order valence-corrected chi connectivity index (χ4v) is 4.14. The maximum Gasteiger partial charge on any atom is 0.264 e. The maximum atomic E-state index is 13.8. The van der Waals surface area contributed by atoms with E-state index >= 15 is 0 Å². The van der Waals surface area contributed by atoms with E-state index in [1.165, 1.54) is 50.5 Å². The highest BCUT2D eigenvalue weighted by molar-refractivity contribution is 7.92. The number of carbonyl (C=O) groups is 2. The normalized spacial score (nSPS) is 11.0. The minimum atomic E-state index is -3.75. The summed E-state index contributed by atoms with van der Waals surface area (Å²) in [6.07, 6.45) is 0. The highest BCUT2D eigenvalue weighted by Gasteiger charge is 2.21. The van der Waals surface area contributed by atoms with E-state index < -0.39 is 27.7 Å². The molecule has 0 spiro atoms. The van der Waals surface area contributed by atoms with Crippen LogP contribution in [0.1, 0.15) is 26.3 Å². The van der Waals surface area contributed by atoms with Crippen LogP contribution in [0.2, 0.25) is 0 Å². The van der Waals surface area contributed by atoms with Gasteiger partial charge in [0.15, 0.2) is 0 Å². The molecule has 32 heavy (non-hydrogen) atoms. The number of benzene rings is 3. The SMILES string of the molecule is CNC(=O)c1cc(NC(=O)c2ccc(N(C)S(=O)(=O)c3ccc(C)cc3)cc2)ccc1F. The third-order valence-electron chi connectivity index (χ3n) is 4.87. The zero-order valence-corrected chi connectivity index (χ0v) is 18.5. The van der Waals surface area contributed by atoms with Gasteiger partial charge in [0.25, 0.3) is 21.8 Å². The number of halogens is 1. The van der Waals surface area contributed by atoms with Gasteiger partial charge in [0, 0.05) is 25.3 Å². The third kappa shape index (κ3) is 4.78. The average molecular weight is 456 g/mol. The molecule has 0 atom stereocenters. The second-order valence-corrected chi connectivity index (χ2v) is 9.03. The van der Waals surface area contributed by atoms with Crippen LogP contribution in [-0.4, -0.2) is 34.3 Å². The molecule has 0 aliphatic rings. The van der Waals surface area contributed by atoms with Gasteiger partial charge in [0.05, 0.1) is 16.1 Å². The molecular formula is C23H22FN3O4S. The predicted octanol–water partition coefficient (Wildman–Crippen LogP) is 3.57. The molecule has 0 saturated carbocycles. The van der Waals surface area contributed by atoms with Gasteiger partial charge in [0.1, 0.15) is 5.82 Å². The van der Waals surface area contributed by atoms with Crippen LogP contribution in [0.25, 0.3) is 0 Å². The summed E-state index contributed by atoms with van der Waals surface area (Å²) in [5, 5.41) is 4.93. The number of carbonyl (C=O) groups excluding carboxylic acids is 2. The van der Waals surface area contributed by atoms with Crippen molar-refractivity contribution < 1.29 is 22.4 Å². The first kappa shape index (κ1) is 23.0. The second kappa shape index (κ2) is 9.19. The molecule has 0 bridgehead atoms. The topological polar surface area (TPSA) is 95.6 Å². The fraction of sp³-hybridized carbons (Fsp3) is 0.130. The van der Waals surface area contributed by atoms with Gasteiger partial charge in [-0.2, -0.15) is 0 Å². The van der Waals surface area contributed by atoms with Gasteiger partial charge in [0.2, 0.25) is 0 Å². The number of amides is 2. The van der Waals surface area contributed by atoms with E-state index in [0.717, 1.165) is 15.9 Å². The monoisotopic (exact) mass is 455 g/mol. The van der Waals surface area contributed by atoms with E-state index in [9.17, 15) is 22.4 Å². The lowest BCUT2D eigenvalue weighted by Gasteiger charge is -2.20. The van der Waals surface area contributed by atoms with Crippen molar-refractivity contribution in [1.82, 2.24) is 5.32 Å². The summed E-state index contributed by atoms with van der Waals surface area (Å²) in [7, 11) is -0.937. The van der Waals surface area contributed by atoms with Gasteiger partial charge in [-0.3, -0.25) is 13.9 Å². The third-order valence-corrected chi connectivity index (χ3v) is 6.67. The molecular weight excluding hydrogens is 433 g/mol. The molecule has 3 rings (SSSR count). The van der Waals surface area contributed by atoms with Crippen LogP contribution >= 0.6 is 0 Å². The Morgan fingerprint density at radius 3 is 2.12 bits per heavy atom. The Morgan fingerprint density at radius 1 is 0.906 bits per heavy atom. The smallest absolute Gasteiger partial charge is 0.264 e. The van der Waals surface area contributed by atoms with Gasteiger partial charge in [-0.1, -0.05) is 17.7 Å². The summed E-state index contributed by atoms with van der Waals surface area (Å²) in [4.78, 5) is 24.4. The largest absolute Gasteiger partial charge is 0.355 e. The molecule has 0 fully saturated rings. The zero-order chi connectivity index (χ0) is 23.5. The van der Waals surface area contributed by atoms with E-state index in [0.29, 0.717) is 5.69 Å². The van der Waals surface area contributed by atoms with Crippen molar-refractivity contribution >= 4 is 33.2 Å².